The van der Waals surface area contributed by atoms with Crippen LogP contribution in [0.3, 0.4) is 0 Å². The molecule has 1 N–H and O–H groups in total. The molecule has 0 amide bonds. The van der Waals surface area contributed by atoms with Gasteiger partial charge in [0.05, 0.1) is 5.69 Å². The molecule has 2 aromatic carbocycles. The fourth-order valence-corrected chi connectivity index (χ4v) is 3.36. The Morgan fingerprint density at radius 1 is 1.14 bits per heavy atom. The van der Waals surface area contributed by atoms with Crippen molar-refractivity contribution in [2.75, 3.05) is 0 Å². The molecule has 0 radical (unpaired) electrons. The highest BCUT2D eigenvalue weighted by atomic mass is 32.1. The summed E-state index contributed by atoms with van der Waals surface area (Å²) in [6.07, 6.45) is 2.55. The quantitative estimate of drug-likeness (QED) is 0.774. The van der Waals surface area contributed by atoms with Crippen LogP contribution in [0.4, 0.5) is 4.39 Å². The molecule has 1 aliphatic rings. The maximum Gasteiger partial charge on any atom is 0.131 e. The SMILES string of the molecule is Fc1ccc(-c2nc(CNC3CC3)cs2)c2ccccc12. The van der Waals surface area contributed by atoms with Gasteiger partial charge in [-0.3, -0.25) is 0 Å². The Balaban J connectivity index is 1.70. The van der Waals surface area contributed by atoms with Gasteiger partial charge in [0.1, 0.15) is 10.8 Å². The van der Waals surface area contributed by atoms with Crippen molar-refractivity contribution in [2.45, 2.75) is 25.4 Å². The van der Waals surface area contributed by atoms with Gasteiger partial charge in [0.15, 0.2) is 0 Å². The lowest BCUT2D eigenvalue weighted by atomic mass is 10.0. The average Bonchev–Trinajstić information content (AvgIpc) is 3.23. The van der Waals surface area contributed by atoms with E-state index >= 15 is 0 Å². The largest absolute Gasteiger partial charge is 0.308 e. The minimum atomic E-state index is -0.179. The summed E-state index contributed by atoms with van der Waals surface area (Å²) in [5, 5.41) is 8.09. The lowest BCUT2D eigenvalue weighted by molar-refractivity contribution is 0.640. The van der Waals surface area contributed by atoms with E-state index in [-0.39, 0.29) is 5.82 Å². The summed E-state index contributed by atoms with van der Waals surface area (Å²) < 4.78 is 13.9. The molecule has 4 rings (SSSR count). The van der Waals surface area contributed by atoms with Crippen molar-refractivity contribution in [3.8, 4) is 10.6 Å². The molecule has 1 heterocycles. The molecule has 3 aromatic rings. The second-order valence-electron chi connectivity index (χ2n) is 5.44. The van der Waals surface area contributed by atoms with E-state index in [0.29, 0.717) is 11.4 Å². The summed E-state index contributed by atoms with van der Waals surface area (Å²) in [7, 11) is 0. The molecule has 1 aromatic heterocycles. The number of benzene rings is 2. The first-order chi connectivity index (χ1) is 10.3. The van der Waals surface area contributed by atoms with Gasteiger partial charge < -0.3 is 5.32 Å². The minimum Gasteiger partial charge on any atom is -0.308 e. The zero-order chi connectivity index (χ0) is 14.2. The predicted octanol–water partition coefficient (Wildman–Crippen LogP) is 4.35. The molecular weight excluding hydrogens is 283 g/mol. The summed E-state index contributed by atoms with van der Waals surface area (Å²) in [5.74, 6) is -0.179. The molecule has 21 heavy (non-hydrogen) atoms. The van der Waals surface area contributed by atoms with Gasteiger partial charge in [-0.15, -0.1) is 11.3 Å². The highest BCUT2D eigenvalue weighted by molar-refractivity contribution is 7.13. The Morgan fingerprint density at radius 2 is 1.95 bits per heavy atom. The summed E-state index contributed by atoms with van der Waals surface area (Å²) in [5.41, 5.74) is 2.07. The van der Waals surface area contributed by atoms with E-state index in [1.807, 2.05) is 30.3 Å². The van der Waals surface area contributed by atoms with Crippen molar-refractivity contribution in [3.63, 3.8) is 0 Å². The third-order valence-corrected chi connectivity index (χ3v) is 4.73. The number of hydrogen-bond acceptors (Lipinski definition) is 3. The van der Waals surface area contributed by atoms with E-state index in [1.165, 1.54) is 18.9 Å². The third kappa shape index (κ3) is 2.57. The molecule has 0 aliphatic heterocycles. The smallest absolute Gasteiger partial charge is 0.131 e. The lowest BCUT2D eigenvalue weighted by Gasteiger charge is -2.04. The van der Waals surface area contributed by atoms with Gasteiger partial charge in [0.25, 0.3) is 0 Å². The molecule has 0 spiro atoms. The summed E-state index contributed by atoms with van der Waals surface area (Å²) >= 11 is 1.62. The standard InChI is InChI=1S/C17H15FN2S/c18-16-8-7-15(13-3-1-2-4-14(13)16)17-20-12(10-21-17)9-19-11-5-6-11/h1-4,7-8,10-11,19H,5-6,9H2. The van der Waals surface area contributed by atoms with Crippen LogP contribution >= 0.6 is 11.3 Å². The number of thiazole rings is 1. The van der Waals surface area contributed by atoms with E-state index in [9.17, 15) is 4.39 Å². The topological polar surface area (TPSA) is 24.9 Å². The second kappa shape index (κ2) is 5.20. The lowest BCUT2D eigenvalue weighted by Crippen LogP contribution is -2.15. The van der Waals surface area contributed by atoms with Crippen LogP contribution < -0.4 is 5.32 Å². The second-order valence-corrected chi connectivity index (χ2v) is 6.30. The summed E-state index contributed by atoms with van der Waals surface area (Å²) in [6.45, 7) is 0.820. The van der Waals surface area contributed by atoms with E-state index in [1.54, 1.807) is 11.3 Å². The zero-order valence-electron chi connectivity index (χ0n) is 11.5. The Kier molecular flexibility index (Phi) is 3.20. The molecule has 106 valence electrons. The number of fused-ring (bicyclic) bond motifs is 1. The first-order valence-corrected chi connectivity index (χ1v) is 8.04. The van der Waals surface area contributed by atoms with Crippen molar-refractivity contribution in [2.24, 2.45) is 0 Å². The van der Waals surface area contributed by atoms with Gasteiger partial charge in [-0.25, -0.2) is 9.37 Å². The third-order valence-electron chi connectivity index (χ3n) is 3.80. The highest BCUT2D eigenvalue weighted by Crippen LogP contribution is 2.32. The van der Waals surface area contributed by atoms with Crippen molar-refractivity contribution in [1.82, 2.24) is 10.3 Å². The molecule has 0 bridgehead atoms. The molecule has 0 atom stereocenters. The minimum absolute atomic E-state index is 0.179. The fraction of sp³-hybridized carbons (Fsp3) is 0.235. The van der Waals surface area contributed by atoms with E-state index < -0.39 is 0 Å². The first-order valence-electron chi connectivity index (χ1n) is 7.17. The van der Waals surface area contributed by atoms with Crippen LogP contribution in [0.1, 0.15) is 18.5 Å². The number of rotatable bonds is 4. The maximum absolute atomic E-state index is 13.9. The maximum atomic E-state index is 13.9. The van der Waals surface area contributed by atoms with Crippen LogP contribution in [0, 0.1) is 5.82 Å². The van der Waals surface area contributed by atoms with Gasteiger partial charge in [0, 0.05) is 28.9 Å². The summed E-state index contributed by atoms with van der Waals surface area (Å²) in [4.78, 5) is 4.69. The molecule has 4 heteroatoms. The van der Waals surface area contributed by atoms with Crippen LogP contribution in [0.2, 0.25) is 0 Å². The fourth-order valence-electron chi connectivity index (χ4n) is 2.50. The van der Waals surface area contributed by atoms with Crippen molar-refractivity contribution in [1.29, 1.82) is 0 Å². The highest BCUT2D eigenvalue weighted by Gasteiger charge is 2.20. The zero-order valence-corrected chi connectivity index (χ0v) is 12.3. The van der Waals surface area contributed by atoms with E-state index in [2.05, 4.69) is 10.7 Å². The molecule has 1 fully saturated rings. The van der Waals surface area contributed by atoms with Crippen LogP contribution in [0.25, 0.3) is 21.3 Å². The Bertz CT molecular complexity index is 792. The van der Waals surface area contributed by atoms with Gasteiger partial charge in [0.2, 0.25) is 0 Å². The van der Waals surface area contributed by atoms with Gasteiger partial charge in [-0.1, -0.05) is 24.3 Å². The van der Waals surface area contributed by atoms with E-state index in [0.717, 1.165) is 28.2 Å². The average molecular weight is 298 g/mol. The number of hydrogen-bond donors (Lipinski definition) is 1. The Morgan fingerprint density at radius 3 is 2.76 bits per heavy atom. The normalized spacial score (nSPS) is 14.7. The van der Waals surface area contributed by atoms with Gasteiger partial charge >= 0.3 is 0 Å². The van der Waals surface area contributed by atoms with Crippen LogP contribution in [0.15, 0.2) is 41.8 Å². The van der Waals surface area contributed by atoms with Crippen molar-refractivity contribution in [3.05, 3.63) is 53.3 Å². The monoisotopic (exact) mass is 298 g/mol. The first kappa shape index (κ1) is 12.9. The van der Waals surface area contributed by atoms with Crippen LogP contribution in [-0.4, -0.2) is 11.0 Å². The predicted molar refractivity (Wildman–Crippen MR) is 84.9 cm³/mol. The molecule has 1 saturated carbocycles. The number of nitrogens with one attached hydrogen (secondary N) is 1. The van der Waals surface area contributed by atoms with Crippen LogP contribution in [0.5, 0.6) is 0 Å². The van der Waals surface area contributed by atoms with Crippen molar-refractivity contribution < 1.29 is 4.39 Å². The Hall–Kier alpha value is -1.78. The van der Waals surface area contributed by atoms with Crippen LogP contribution in [-0.2, 0) is 6.54 Å². The van der Waals surface area contributed by atoms with Crippen molar-refractivity contribution >= 4 is 22.1 Å². The van der Waals surface area contributed by atoms with E-state index in [4.69, 9.17) is 4.98 Å². The molecular formula is C17H15FN2S. The molecule has 2 nitrogen and oxygen atoms in total. The number of halogens is 1. The molecule has 0 unspecified atom stereocenters. The molecule has 0 saturated heterocycles. The molecule has 1 aliphatic carbocycles. The van der Waals surface area contributed by atoms with Gasteiger partial charge in [-0.2, -0.15) is 0 Å². The Labute approximate surface area is 126 Å². The number of aromatic nitrogens is 1. The summed E-state index contributed by atoms with van der Waals surface area (Å²) in [6, 6.07) is 11.6. The van der Waals surface area contributed by atoms with Gasteiger partial charge in [-0.05, 0) is 30.4 Å². The number of nitrogens with zero attached hydrogens (tertiary/aromatic N) is 1.